The molecule has 0 saturated carbocycles. The molecule has 0 unspecified atom stereocenters. The SMILES string of the molecule is CCC.C[B]CN(C)C. The van der Waals surface area contributed by atoms with E-state index in [-0.39, 0.29) is 0 Å². The van der Waals surface area contributed by atoms with Gasteiger partial charge in [0.25, 0.3) is 0 Å². The van der Waals surface area contributed by atoms with Gasteiger partial charge in [-0.15, -0.1) is 0 Å². The Morgan fingerprint density at radius 1 is 1.22 bits per heavy atom. The third kappa shape index (κ3) is 31.8. The average molecular weight is 128 g/mol. The molecule has 0 aliphatic rings. The van der Waals surface area contributed by atoms with Crippen molar-refractivity contribution in [2.24, 2.45) is 0 Å². The molecule has 1 radical (unpaired) electrons. The summed E-state index contributed by atoms with van der Waals surface area (Å²) in [5.74, 6) is 0. The number of rotatable bonds is 2. The topological polar surface area (TPSA) is 3.24 Å². The minimum atomic E-state index is 1.08. The molecule has 0 aliphatic heterocycles. The van der Waals surface area contributed by atoms with Crippen molar-refractivity contribution < 1.29 is 0 Å². The molecule has 0 rings (SSSR count). The molecule has 0 heterocycles. The Labute approximate surface area is 60.7 Å². The van der Waals surface area contributed by atoms with Gasteiger partial charge in [-0.1, -0.05) is 27.1 Å². The van der Waals surface area contributed by atoms with E-state index in [1.54, 1.807) is 0 Å². The molecule has 0 aromatic carbocycles. The van der Waals surface area contributed by atoms with Crippen molar-refractivity contribution >= 4 is 7.28 Å². The van der Waals surface area contributed by atoms with Gasteiger partial charge in [0.15, 0.2) is 0 Å². The van der Waals surface area contributed by atoms with Gasteiger partial charge in [0.1, 0.15) is 7.28 Å². The van der Waals surface area contributed by atoms with Crippen LogP contribution < -0.4 is 0 Å². The average Bonchev–Trinajstić information content (AvgIpc) is 1.67. The molecule has 0 saturated heterocycles. The van der Waals surface area contributed by atoms with E-state index in [0.717, 1.165) is 6.44 Å². The Morgan fingerprint density at radius 2 is 1.56 bits per heavy atom. The van der Waals surface area contributed by atoms with Crippen LogP contribution in [-0.2, 0) is 0 Å². The van der Waals surface area contributed by atoms with Crippen molar-refractivity contribution in [2.75, 3.05) is 20.5 Å². The van der Waals surface area contributed by atoms with Crippen LogP contribution in [0.5, 0.6) is 0 Å². The second-order valence-electron chi connectivity index (χ2n) is 2.38. The van der Waals surface area contributed by atoms with Gasteiger partial charge in [-0.3, -0.25) is 0 Å². The summed E-state index contributed by atoms with van der Waals surface area (Å²) >= 11 is 0. The Hall–Kier alpha value is 0.0249. The maximum atomic E-state index is 2.12. The highest BCUT2D eigenvalue weighted by Gasteiger charge is 1.81. The zero-order valence-electron chi connectivity index (χ0n) is 7.44. The summed E-state index contributed by atoms with van der Waals surface area (Å²) in [5, 5.41) is 0. The molecule has 0 spiro atoms. The fourth-order valence-electron chi connectivity index (χ4n) is 0.365. The predicted octanol–water partition coefficient (Wildman–Crippen LogP) is 1.67. The summed E-state index contributed by atoms with van der Waals surface area (Å²) < 4.78 is 0. The van der Waals surface area contributed by atoms with Crippen molar-refractivity contribution in [1.29, 1.82) is 0 Å². The Morgan fingerprint density at radius 3 is 1.56 bits per heavy atom. The summed E-state index contributed by atoms with van der Waals surface area (Å²) in [6, 6.07) is 0. The van der Waals surface area contributed by atoms with E-state index in [1.165, 1.54) is 6.42 Å². The molecule has 0 amide bonds. The second-order valence-corrected chi connectivity index (χ2v) is 2.38. The Bertz CT molecular complexity index is 37.9. The molecule has 0 bridgehead atoms. The van der Waals surface area contributed by atoms with E-state index in [4.69, 9.17) is 0 Å². The van der Waals surface area contributed by atoms with E-state index in [1.807, 2.05) is 0 Å². The van der Waals surface area contributed by atoms with Crippen LogP contribution in [0.25, 0.3) is 0 Å². The zero-order valence-corrected chi connectivity index (χ0v) is 7.44. The van der Waals surface area contributed by atoms with E-state index in [0.29, 0.717) is 0 Å². The second kappa shape index (κ2) is 10.9. The molecule has 0 aliphatic carbocycles. The van der Waals surface area contributed by atoms with Crippen LogP contribution in [0.2, 0.25) is 6.82 Å². The normalized spacial score (nSPS) is 8.22. The predicted molar refractivity (Wildman–Crippen MR) is 46.1 cm³/mol. The number of nitrogens with zero attached hydrogens (tertiary/aromatic N) is 1. The molecular formula is C7H19BN. The van der Waals surface area contributed by atoms with Gasteiger partial charge in [-0.2, -0.15) is 0 Å². The molecule has 0 N–H and O–H groups in total. The summed E-state index contributed by atoms with van der Waals surface area (Å²) in [5.41, 5.74) is 0. The highest BCUT2D eigenvalue weighted by Crippen LogP contribution is 1.66. The van der Waals surface area contributed by atoms with Crippen molar-refractivity contribution in [1.82, 2.24) is 4.90 Å². The zero-order chi connectivity index (χ0) is 7.70. The summed E-state index contributed by atoms with van der Waals surface area (Å²) in [4.78, 5) is 2.12. The minimum absolute atomic E-state index is 1.08. The van der Waals surface area contributed by atoms with Gasteiger partial charge in [-0.05, 0) is 20.5 Å². The molecule has 0 fully saturated rings. The van der Waals surface area contributed by atoms with Crippen molar-refractivity contribution in [3.8, 4) is 0 Å². The lowest BCUT2D eigenvalue weighted by Crippen LogP contribution is -2.16. The molecule has 2 heteroatoms. The number of hydrogen-bond donors (Lipinski definition) is 0. The summed E-state index contributed by atoms with van der Waals surface area (Å²) in [6.07, 6.45) is 2.33. The van der Waals surface area contributed by atoms with Crippen LogP contribution in [0, 0.1) is 0 Å². The summed E-state index contributed by atoms with van der Waals surface area (Å²) in [6.45, 7) is 6.31. The first-order valence-corrected chi connectivity index (χ1v) is 3.61. The van der Waals surface area contributed by atoms with Crippen LogP contribution in [0.3, 0.4) is 0 Å². The van der Waals surface area contributed by atoms with Crippen LogP contribution in [0.4, 0.5) is 0 Å². The van der Waals surface area contributed by atoms with Gasteiger partial charge in [0, 0.05) is 0 Å². The van der Waals surface area contributed by atoms with Crippen LogP contribution in [-0.4, -0.2) is 32.7 Å². The fourth-order valence-corrected chi connectivity index (χ4v) is 0.365. The van der Waals surface area contributed by atoms with E-state index < -0.39 is 0 Å². The van der Waals surface area contributed by atoms with E-state index in [2.05, 4.69) is 46.9 Å². The highest BCUT2D eigenvalue weighted by atomic mass is 15.0. The summed E-state index contributed by atoms with van der Waals surface area (Å²) in [7, 11) is 6.24. The van der Waals surface area contributed by atoms with Crippen LogP contribution >= 0.6 is 0 Å². The monoisotopic (exact) mass is 128 g/mol. The molecule has 9 heavy (non-hydrogen) atoms. The van der Waals surface area contributed by atoms with Gasteiger partial charge < -0.3 is 4.90 Å². The smallest absolute Gasteiger partial charge is 0.125 e. The lowest BCUT2D eigenvalue weighted by Gasteiger charge is -2.03. The van der Waals surface area contributed by atoms with Crippen molar-refractivity contribution in [2.45, 2.75) is 27.1 Å². The molecular weight excluding hydrogens is 109 g/mol. The Balaban J connectivity index is 0. The van der Waals surface area contributed by atoms with Gasteiger partial charge in [0.05, 0.1) is 0 Å². The standard InChI is InChI=1S/C4H11BN.C3H8/c1-5-4-6(2)3;1-3-2/h4H2,1-3H3;3H2,1-2H3. The van der Waals surface area contributed by atoms with E-state index >= 15 is 0 Å². The lowest BCUT2D eigenvalue weighted by molar-refractivity contribution is 0.478. The quantitative estimate of drug-likeness (QED) is 0.511. The minimum Gasteiger partial charge on any atom is -0.317 e. The van der Waals surface area contributed by atoms with Crippen LogP contribution in [0.15, 0.2) is 0 Å². The third-order valence-electron chi connectivity index (χ3n) is 0.548. The highest BCUT2D eigenvalue weighted by molar-refractivity contribution is 6.33. The first-order valence-electron chi connectivity index (χ1n) is 3.61. The first kappa shape index (κ1) is 11.8. The maximum Gasteiger partial charge on any atom is 0.125 e. The van der Waals surface area contributed by atoms with Gasteiger partial charge in [0.2, 0.25) is 0 Å². The number of hydrogen-bond acceptors (Lipinski definition) is 1. The van der Waals surface area contributed by atoms with Gasteiger partial charge >= 0.3 is 0 Å². The molecule has 0 atom stereocenters. The molecule has 0 aromatic heterocycles. The third-order valence-corrected chi connectivity index (χ3v) is 0.548. The first-order chi connectivity index (χ1) is 4.18. The molecule has 1 nitrogen and oxygen atoms in total. The Kier molecular flexibility index (Phi) is 14.3. The lowest BCUT2D eigenvalue weighted by atomic mass is 9.82. The van der Waals surface area contributed by atoms with Gasteiger partial charge in [-0.25, -0.2) is 0 Å². The molecule has 55 valence electrons. The van der Waals surface area contributed by atoms with Crippen LogP contribution in [0.1, 0.15) is 20.3 Å². The largest absolute Gasteiger partial charge is 0.317 e. The maximum absolute atomic E-state index is 2.12. The van der Waals surface area contributed by atoms with E-state index in [9.17, 15) is 0 Å². The molecule has 0 aromatic rings. The van der Waals surface area contributed by atoms with Crippen molar-refractivity contribution in [3.63, 3.8) is 0 Å². The fraction of sp³-hybridized carbons (Fsp3) is 1.00. The van der Waals surface area contributed by atoms with Crippen molar-refractivity contribution in [3.05, 3.63) is 0 Å².